The molecule has 0 aliphatic rings. The summed E-state index contributed by atoms with van der Waals surface area (Å²) in [4.78, 5) is 25.7. The summed E-state index contributed by atoms with van der Waals surface area (Å²) in [6.45, 7) is 10.9. The van der Waals surface area contributed by atoms with E-state index in [1.54, 1.807) is 0 Å². The van der Waals surface area contributed by atoms with Gasteiger partial charge in [-0.25, -0.2) is 0 Å². The fourth-order valence-electron chi connectivity index (χ4n) is 6.87. The molecule has 0 saturated heterocycles. The molecule has 2 unspecified atom stereocenters. The van der Waals surface area contributed by atoms with Crippen molar-refractivity contribution in [3.63, 3.8) is 0 Å². The molecule has 8 nitrogen and oxygen atoms in total. The number of benzene rings is 3. The monoisotopic (exact) mass is 779 g/mol. The zero-order valence-electron chi connectivity index (χ0n) is 35.4. The third kappa shape index (κ3) is 18.3. The molecule has 0 N–H and O–H groups in total. The lowest BCUT2D eigenvalue weighted by molar-refractivity contribution is -0.155. The van der Waals surface area contributed by atoms with Crippen LogP contribution in [0.25, 0.3) is 21.5 Å². The van der Waals surface area contributed by atoms with Gasteiger partial charge in [0.05, 0.1) is 13.2 Å². The van der Waals surface area contributed by atoms with Crippen molar-refractivity contribution in [3.05, 3.63) is 48.5 Å². The van der Waals surface area contributed by atoms with Crippen LogP contribution >= 0.6 is 0 Å². The largest absolute Gasteiger partial charge is 0.488 e. The highest BCUT2D eigenvalue weighted by Gasteiger charge is 2.22. The van der Waals surface area contributed by atoms with Crippen LogP contribution in [0.1, 0.15) is 156 Å². The number of carbonyl (C=O) groups is 2. The predicted octanol–water partition coefficient (Wildman–Crippen LogP) is 12.5. The minimum atomic E-state index is -0.540. The average Bonchev–Trinajstić information content (AvgIpc) is 3.20. The molecule has 0 amide bonds. The second-order valence-electron chi connectivity index (χ2n) is 15.2. The third-order valence-corrected chi connectivity index (χ3v) is 10.1. The van der Waals surface area contributed by atoms with Gasteiger partial charge in [0.1, 0.15) is 24.7 Å². The molecule has 0 radical (unpaired) electrons. The van der Waals surface area contributed by atoms with Gasteiger partial charge in [0, 0.05) is 47.6 Å². The van der Waals surface area contributed by atoms with Crippen LogP contribution in [0.4, 0.5) is 0 Å². The van der Waals surface area contributed by atoms with E-state index >= 15 is 0 Å². The Hall–Kier alpha value is -3.36. The molecule has 8 heteroatoms. The summed E-state index contributed by atoms with van der Waals surface area (Å²) in [6, 6.07) is 16.1. The molecule has 0 fully saturated rings. The molecule has 0 aromatic heterocycles. The van der Waals surface area contributed by atoms with Crippen molar-refractivity contribution in [2.24, 2.45) is 0 Å². The Labute approximate surface area is 338 Å². The van der Waals surface area contributed by atoms with E-state index in [1.807, 2.05) is 48.5 Å². The summed E-state index contributed by atoms with van der Waals surface area (Å²) in [5.41, 5.74) is 0. The number of unbranched alkanes of at least 4 members (excludes halogenated alkanes) is 14. The first-order chi connectivity index (χ1) is 27.5. The van der Waals surface area contributed by atoms with Crippen molar-refractivity contribution in [3.8, 4) is 11.5 Å². The predicted molar refractivity (Wildman–Crippen MR) is 229 cm³/mol. The highest BCUT2D eigenvalue weighted by Crippen LogP contribution is 2.43. The van der Waals surface area contributed by atoms with E-state index in [4.69, 9.17) is 28.4 Å². The molecular formula is C48H74O8. The topological polar surface area (TPSA) is 89.5 Å². The summed E-state index contributed by atoms with van der Waals surface area (Å²) in [5.74, 6) is 0.968. The first-order valence-corrected chi connectivity index (χ1v) is 22.3. The number of rotatable bonds is 34. The first kappa shape index (κ1) is 47.0. The number of hydrogen-bond acceptors (Lipinski definition) is 8. The second kappa shape index (κ2) is 29.8. The smallest absolute Gasteiger partial charge is 0.306 e. The molecular weight excluding hydrogens is 705 g/mol. The molecule has 0 saturated carbocycles. The quantitative estimate of drug-likeness (QED) is 0.0336. The second-order valence-corrected chi connectivity index (χ2v) is 15.2. The number of ether oxygens (including phenoxy) is 6. The Balaban J connectivity index is 1.77. The van der Waals surface area contributed by atoms with E-state index in [-0.39, 0.29) is 38.4 Å². The fourth-order valence-corrected chi connectivity index (χ4v) is 6.87. The van der Waals surface area contributed by atoms with Crippen LogP contribution in [-0.4, -0.2) is 63.8 Å². The van der Waals surface area contributed by atoms with Crippen molar-refractivity contribution in [2.75, 3.05) is 39.6 Å². The Kier molecular flexibility index (Phi) is 25.0. The summed E-state index contributed by atoms with van der Waals surface area (Å²) >= 11 is 0. The van der Waals surface area contributed by atoms with Gasteiger partial charge in [0.25, 0.3) is 0 Å². The molecule has 3 rings (SSSR count). The molecule has 0 heterocycles. The number of carbonyl (C=O) groups excluding carboxylic acids is 2. The van der Waals surface area contributed by atoms with Gasteiger partial charge in [-0.15, -0.1) is 0 Å². The minimum absolute atomic E-state index is 0.163. The maximum absolute atomic E-state index is 12.9. The van der Waals surface area contributed by atoms with Gasteiger partial charge in [-0.05, 0) is 25.7 Å². The zero-order chi connectivity index (χ0) is 40.1. The van der Waals surface area contributed by atoms with Crippen molar-refractivity contribution in [1.82, 2.24) is 0 Å². The Bertz CT molecular complexity index is 1320. The molecule has 0 bridgehead atoms. The van der Waals surface area contributed by atoms with Crippen LogP contribution in [0.15, 0.2) is 48.5 Å². The van der Waals surface area contributed by atoms with Crippen molar-refractivity contribution in [1.29, 1.82) is 0 Å². The van der Waals surface area contributed by atoms with Gasteiger partial charge in [-0.1, -0.05) is 166 Å². The van der Waals surface area contributed by atoms with E-state index in [0.717, 1.165) is 85.8 Å². The molecule has 0 spiro atoms. The lowest BCUT2D eigenvalue weighted by Crippen LogP contribution is -2.30. The van der Waals surface area contributed by atoms with E-state index in [0.29, 0.717) is 37.6 Å². The lowest BCUT2D eigenvalue weighted by atomic mass is 10.0. The van der Waals surface area contributed by atoms with Crippen molar-refractivity contribution in [2.45, 2.75) is 168 Å². The van der Waals surface area contributed by atoms with Crippen molar-refractivity contribution >= 4 is 33.5 Å². The molecule has 3 aromatic carbocycles. The maximum Gasteiger partial charge on any atom is 0.306 e. The van der Waals surface area contributed by atoms with Gasteiger partial charge in [-0.2, -0.15) is 0 Å². The van der Waals surface area contributed by atoms with Gasteiger partial charge >= 0.3 is 11.9 Å². The van der Waals surface area contributed by atoms with Crippen LogP contribution in [0.5, 0.6) is 11.5 Å². The zero-order valence-corrected chi connectivity index (χ0v) is 35.4. The van der Waals surface area contributed by atoms with Gasteiger partial charge in [0.2, 0.25) is 0 Å². The summed E-state index contributed by atoms with van der Waals surface area (Å²) in [6.07, 6.45) is 19.6. The normalized spacial score (nSPS) is 12.5. The Morgan fingerprint density at radius 1 is 0.429 bits per heavy atom. The minimum Gasteiger partial charge on any atom is -0.488 e. The van der Waals surface area contributed by atoms with Crippen LogP contribution in [0, 0.1) is 0 Å². The highest BCUT2D eigenvalue weighted by atomic mass is 16.6. The highest BCUT2D eigenvalue weighted by molar-refractivity contribution is 6.11. The number of esters is 2. The average molecular weight is 779 g/mol. The van der Waals surface area contributed by atoms with E-state index in [2.05, 4.69) is 27.7 Å². The summed E-state index contributed by atoms with van der Waals surface area (Å²) in [7, 11) is 0. The van der Waals surface area contributed by atoms with E-state index in [1.165, 1.54) is 51.4 Å². The van der Waals surface area contributed by atoms with Crippen LogP contribution < -0.4 is 9.47 Å². The summed E-state index contributed by atoms with van der Waals surface area (Å²) < 4.78 is 37.3. The molecule has 0 aliphatic carbocycles. The molecule has 56 heavy (non-hydrogen) atoms. The molecule has 2 atom stereocenters. The third-order valence-electron chi connectivity index (χ3n) is 10.1. The molecule has 3 aromatic rings. The maximum atomic E-state index is 12.9. The summed E-state index contributed by atoms with van der Waals surface area (Å²) in [5, 5.41) is 3.54. The van der Waals surface area contributed by atoms with Gasteiger partial charge < -0.3 is 28.4 Å². The lowest BCUT2D eigenvalue weighted by Gasteiger charge is -2.23. The Morgan fingerprint density at radius 2 is 0.750 bits per heavy atom. The Morgan fingerprint density at radius 3 is 1.11 bits per heavy atom. The van der Waals surface area contributed by atoms with E-state index in [9.17, 15) is 9.59 Å². The standard InChI is InChI=1S/C48H74O8/c1-5-9-13-15-17-25-33-51-35-39(55-45(49)31-19-11-7-3)37-53-47-41-27-21-23-29-43(41)48(44-30-24-22-28-42(44)47)54-38-40(56-46(50)32-20-12-8-4)36-52-34-26-18-16-14-10-6-2/h21-24,27-30,39-40H,5-20,25-26,31-38H2,1-4H3. The fraction of sp³-hybridized carbons (Fsp3) is 0.667. The molecule has 0 aliphatic heterocycles. The number of hydrogen-bond donors (Lipinski definition) is 0. The molecule has 314 valence electrons. The van der Waals surface area contributed by atoms with Crippen molar-refractivity contribution < 1.29 is 38.0 Å². The van der Waals surface area contributed by atoms with Crippen LogP contribution in [0.2, 0.25) is 0 Å². The van der Waals surface area contributed by atoms with Gasteiger partial charge in [-0.3, -0.25) is 9.59 Å². The number of fused-ring (bicyclic) bond motifs is 2. The first-order valence-electron chi connectivity index (χ1n) is 22.3. The van der Waals surface area contributed by atoms with Crippen LogP contribution in [-0.2, 0) is 28.5 Å². The van der Waals surface area contributed by atoms with Crippen LogP contribution in [0.3, 0.4) is 0 Å². The SMILES string of the molecule is CCCCCCCCOCC(COc1c2ccccc2c(OCC(COCCCCCCCC)OC(=O)CCCCC)c2ccccc12)OC(=O)CCCCC. The van der Waals surface area contributed by atoms with Gasteiger partial charge in [0.15, 0.2) is 12.2 Å². The van der Waals surface area contributed by atoms with E-state index < -0.39 is 12.2 Å².